The summed E-state index contributed by atoms with van der Waals surface area (Å²) in [6.07, 6.45) is 4.07. The Bertz CT molecular complexity index is 297. The Hall–Kier alpha value is -0.340. The van der Waals surface area contributed by atoms with Gasteiger partial charge in [-0.2, -0.15) is 0 Å². The van der Waals surface area contributed by atoms with Gasteiger partial charge in [0.1, 0.15) is 0 Å². The molecule has 0 bridgehead atoms. The molecule has 1 fully saturated rings. The van der Waals surface area contributed by atoms with Gasteiger partial charge in [-0.25, -0.2) is 0 Å². The Balaban J connectivity index is 2.09. The predicted octanol–water partition coefficient (Wildman–Crippen LogP) is 1.93. The zero-order chi connectivity index (χ0) is 8.02. The van der Waals surface area contributed by atoms with Crippen molar-refractivity contribution in [3.8, 4) is 0 Å². The highest BCUT2D eigenvalue weighted by molar-refractivity contribution is 7.10. The van der Waals surface area contributed by atoms with E-state index in [0.717, 1.165) is 0 Å². The van der Waals surface area contributed by atoms with Crippen LogP contribution in [0.3, 0.4) is 0 Å². The van der Waals surface area contributed by atoms with E-state index in [1.165, 1.54) is 32.4 Å². The highest BCUT2D eigenvalue weighted by Crippen LogP contribution is 2.45. The summed E-state index contributed by atoms with van der Waals surface area (Å²) in [6.45, 7) is 2.44. The van der Waals surface area contributed by atoms with Gasteiger partial charge in [-0.05, 0) is 42.8 Å². The van der Waals surface area contributed by atoms with Gasteiger partial charge in [-0.15, -0.1) is 11.3 Å². The normalized spacial score (nSPS) is 33.0. The molecule has 1 aliphatic carbocycles. The average Bonchev–Trinajstić information content (AvgIpc) is 2.76. The Labute approximate surface area is 76.8 Å². The van der Waals surface area contributed by atoms with Crippen LogP contribution in [0, 0.1) is 0 Å². The van der Waals surface area contributed by atoms with E-state index in [1.54, 1.807) is 10.4 Å². The van der Waals surface area contributed by atoms with Crippen molar-refractivity contribution in [2.75, 3.05) is 13.1 Å². The first kappa shape index (κ1) is 7.10. The van der Waals surface area contributed by atoms with E-state index in [0.29, 0.717) is 5.41 Å². The molecule has 1 spiro atoms. The molecule has 0 radical (unpaired) electrons. The predicted molar refractivity (Wildman–Crippen MR) is 51.8 cm³/mol. The lowest BCUT2D eigenvalue weighted by atomic mass is 9.86. The molecule has 3 rings (SSSR count). The largest absolute Gasteiger partial charge is 0.316 e. The van der Waals surface area contributed by atoms with E-state index in [1.807, 2.05) is 11.3 Å². The molecule has 64 valence electrons. The van der Waals surface area contributed by atoms with Gasteiger partial charge in [0.2, 0.25) is 0 Å². The van der Waals surface area contributed by atoms with E-state index >= 15 is 0 Å². The molecule has 0 aromatic carbocycles. The summed E-state index contributed by atoms with van der Waals surface area (Å²) < 4.78 is 0. The minimum absolute atomic E-state index is 0.559. The first-order valence-corrected chi connectivity index (χ1v) is 5.56. The lowest BCUT2D eigenvalue weighted by molar-refractivity contribution is 0.475. The Morgan fingerprint density at radius 2 is 2.42 bits per heavy atom. The molecule has 1 unspecified atom stereocenters. The minimum Gasteiger partial charge on any atom is -0.316 e. The molecule has 2 heterocycles. The van der Waals surface area contributed by atoms with Crippen LogP contribution in [-0.4, -0.2) is 13.1 Å². The fraction of sp³-hybridized carbons (Fsp3) is 0.600. The van der Waals surface area contributed by atoms with Crippen molar-refractivity contribution in [1.29, 1.82) is 0 Å². The number of nitrogens with one attached hydrogen (secondary N) is 1. The molecule has 1 atom stereocenters. The fourth-order valence-electron chi connectivity index (χ4n) is 2.64. The topological polar surface area (TPSA) is 12.0 Å². The number of hydrogen-bond donors (Lipinski definition) is 1. The third-order valence-corrected chi connectivity index (χ3v) is 4.55. The molecule has 2 heteroatoms. The molecule has 1 aliphatic heterocycles. The van der Waals surface area contributed by atoms with E-state index in [2.05, 4.69) is 16.8 Å². The molecule has 1 aromatic rings. The summed E-state index contributed by atoms with van der Waals surface area (Å²) in [4.78, 5) is 1.69. The molecule has 1 aromatic heterocycles. The standard InChI is InChI=1S/C10H13NS/c1-3-10(4-5-11-7-10)9-8(1)2-6-12-9/h2,6,11H,1,3-5,7H2. The van der Waals surface area contributed by atoms with Gasteiger partial charge in [0, 0.05) is 16.8 Å². The maximum atomic E-state index is 3.49. The summed E-state index contributed by atoms with van der Waals surface area (Å²) >= 11 is 1.97. The van der Waals surface area contributed by atoms with Crippen molar-refractivity contribution < 1.29 is 0 Å². The smallest absolute Gasteiger partial charge is 0.0190 e. The van der Waals surface area contributed by atoms with Gasteiger partial charge in [-0.1, -0.05) is 0 Å². The number of fused-ring (bicyclic) bond motifs is 2. The SMILES string of the molecule is c1cc2c(s1)C1(CCNC1)CC2. The highest BCUT2D eigenvalue weighted by Gasteiger charge is 2.41. The molecule has 2 aliphatic rings. The van der Waals surface area contributed by atoms with Crippen LogP contribution in [0.4, 0.5) is 0 Å². The van der Waals surface area contributed by atoms with E-state index in [-0.39, 0.29) is 0 Å². The maximum Gasteiger partial charge on any atom is 0.0190 e. The van der Waals surface area contributed by atoms with Crippen LogP contribution in [0.5, 0.6) is 0 Å². The third-order valence-electron chi connectivity index (χ3n) is 3.35. The summed E-state index contributed by atoms with van der Waals surface area (Å²) in [5.74, 6) is 0. The Morgan fingerprint density at radius 3 is 3.25 bits per heavy atom. The summed E-state index contributed by atoms with van der Waals surface area (Å²) in [5.41, 5.74) is 2.19. The van der Waals surface area contributed by atoms with Crippen LogP contribution in [0.15, 0.2) is 11.4 Å². The van der Waals surface area contributed by atoms with Gasteiger partial charge in [-0.3, -0.25) is 0 Å². The lowest BCUT2D eigenvalue weighted by Gasteiger charge is -2.21. The van der Waals surface area contributed by atoms with E-state index in [4.69, 9.17) is 0 Å². The first-order valence-electron chi connectivity index (χ1n) is 4.68. The molecule has 1 N–H and O–H groups in total. The van der Waals surface area contributed by atoms with Gasteiger partial charge in [0.05, 0.1) is 0 Å². The van der Waals surface area contributed by atoms with Crippen LogP contribution in [0.2, 0.25) is 0 Å². The number of rotatable bonds is 0. The lowest BCUT2D eigenvalue weighted by Crippen LogP contribution is -2.24. The molecular formula is C10H13NS. The van der Waals surface area contributed by atoms with E-state index < -0.39 is 0 Å². The fourth-order valence-corrected chi connectivity index (χ4v) is 3.85. The van der Waals surface area contributed by atoms with Crippen molar-refractivity contribution in [3.63, 3.8) is 0 Å². The van der Waals surface area contributed by atoms with Crippen LogP contribution >= 0.6 is 11.3 Å². The highest BCUT2D eigenvalue weighted by atomic mass is 32.1. The van der Waals surface area contributed by atoms with Crippen molar-refractivity contribution >= 4 is 11.3 Å². The second-order valence-electron chi connectivity index (χ2n) is 3.98. The molecule has 12 heavy (non-hydrogen) atoms. The quantitative estimate of drug-likeness (QED) is 0.641. The summed E-state index contributed by atoms with van der Waals surface area (Å²) in [5, 5.41) is 5.75. The second-order valence-corrected chi connectivity index (χ2v) is 4.90. The second kappa shape index (κ2) is 2.33. The van der Waals surface area contributed by atoms with Gasteiger partial charge in [0.15, 0.2) is 0 Å². The van der Waals surface area contributed by atoms with Gasteiger partial charge >= 0.3 is 0 Å². The van der Waals surface area contributed by atoms with Gasteiger partial charge < -0.3 is 5.32 Å². The summed E-state index contributed by atoms with van der Waals surface area (Å²) in [6, 6.07) is 2.31. The number of thiophene rings is 1. The average molecular weight is 179 g/mol. The zero-order valence-electron chi connectivity index (χ0n) is 7.10. The first-order chi connectivity index (χ1) is 5.91. The molecule has 1 saturated heterocycles. The van der Waals surface area contributed by atoms with Crippen LogP contribution in [0.1, 0.15) is 23.3 Å². The minimum atomic E-state index is 0.559. The third kappa shape index (κ3) is 0.771. The van der Waals surface area contributed by atoms with Crippen molar-refractivity contribution in [2.45, 2.75) is 24.7 Å². The zero-order valence-corrected chi connectivity index (χ0v) is 7.91. The Kier molecular flexibility index (Phi) is 1.38. The molecular weight excluding hydrogens is 166 g/mol. The number of hydrogen-bond acceptors (Lipinski definition) is 2. The van der Waals surface area contributed by atoms with Gasteiger partial charge in [0.25, 0.3) is 0 Å². The molecule has 1 nitrogen and oxygen atoms in total. The molecule has 0 saturated carbocycles. The van der Waals surface area contributed by atoms with E-state index in [9.17, 15) is 0 Å². The summed E-state index contributed by atoms with van der Waals surface area (Å²) in [7, 11) is 0. The number of aryl methyl sites for hydroxylation is 1. The van der Waals surface area contributed by atoms with Crippen LogP contribution in [-0.2, 0) is 11.8 Å². The van der Waals surface area contributed by atoms with Crippen molar-refractivity contribution in [3.05, 3.63) is 21.9 Å². The monoisotopic (exact) mass is 179 g/mol. The van der Waals surface area contributed by atoms with Crippen molar-refractivity contribution in [2.24, 2.45) is 0 Å². The molecule has 0 amide bonds. The van der Waals surface area contributed by atoms with Crippen LogP contribution in [0.25, 0.3) is 0 Å². The maximum absolute atomic E-state index is 3.49. The van der Waals surface area contributed by atoms with Crippen molar-refractivity contribution in [1.82, 2.24) is 5.32 Å². The van der Waals surface area contributed by atoms with Crippen LogP contribution < -0.4 is 5.32 Å². The Morgan fingerprint density at radius 1 is 1.42 bits per heavy atom.